The van der Waals surface area contributed by atoms with Crippen molar-refractivity contribution in [2.24, 2.45) is 0 Å². The Kier molecular flexibility index (Phi) is 6.93. The molecule has 0 saturated heterocycles. The van der Waals surface area contributed by atoms with Gasteiger partial charge in [-0.1, -0.05) is 15.9 Å². The highest BCUT2D eigenvalue weighted by Gasteiger charge is 2.09. The number of Topliss-reactive ketones (excluding diaryl/α,β-unsaturated/α-hetero) is 1. The number of hydrogen-bond donors (Lipinski definition) is 1. The molecule has 0 bridgehead atoms. The van der Waals surface area contributed by atoms with Crippen LogP contribution in [-0.2, 0) is 16.0 Å². The summed E-state index contributed by atoms with van der Waals surface area (Å²) in [5, 5.41) is 3.03. The third-order valence-corrected chi connectivity index (χ3v) is 2.93. The highest BCUT2D eigenvalue weighted by molar-refractivity contribution is 9.10. The van der Waals surface area contributed by atoms with E-state index >= 15 is 0 Å². The maximum Gasteiger partial charge on any atom is 0.151 e. The van der Waals surface area contributed by atoms with Crippen molar-refractivity contribution >= 4 is 21.7 Å². The first-order valence-corrected chi connectivity index (χ1v) is 6.50. The molecule has 0 aliphatic rings. The van der Waals surface area contributed by atoms with Crippen molar-refractivity contribution in [1.82, 2.24) is 5.32 Å². The number of benzene rings is 1. The molecule has 0 spiro atoms. The molecular formula is C13H18BrNO3. The lowest BCUT2D eigenvalue weighted by Gasteiger charge is -2.09. The Morgan fingerprint density at radius 1 is 1.39 bits per heavy atom. The van der Waals surface area contributed by atoms with Gasteiger partial charge in [-0.25, -0.2) is 0 Å². The number of rotatable bonds is 8. The van der Waals surface area contributed by atoms with E-state index in [9.17, 15) is 4.79 Å². The largest absolute Gasteiger partial charge is 0.496 e. The first kappa shape index (κ1) is 15.1. The highest BCUT2D eigenvalue weighted by Crippen LogP contribution is 2.23. The summed E-state index contributed by atoms with van der Waals surface area (Å²) in [6, 6.07) is 5.65. The van der Waals surface area contributed by atoms with Crippen molar-refractivity contribution in [2.75, 3.05) is 33.9 Å². The summed E-state index contributed by atoms with van der Waals surface area (Å²) in [5.74, 6) is 0.867. The summed E-state index contributed by atoms with van der Waals surface area (Å²) in [4.78, 5) is 11.8. The summed E-state index contributed by atoms with van der Waals surface area (Å²) in [6.45, 7) is 1.63. The average Bonchev–Trinajstić information content (AvgIpc) is 2.35. The summed E-state index contributed by atoms with van der Waals surface area (Å²) < 4.78 is 11.1. The zero-order chi connectivity index (χ0) is 13.4. The lowest BCUT2D eigenvalue weighted by Crippen LogP contribution is -2.27. The Morgan fingerprint density at radius 3 is 2.83 bits per heavy atom. The summed E-state index contributed by atoms with van der Waals surface area (Å²) in [6.07, 6.45) is 0.364. The van der Waals surface area contributed by atoms with E-state index in [0.29, 0.717) is 26.1 Å². The molecule has 100 valence electrons. The van der Waals surface area contributed by atoms with Gasteiger partial charge in [0, 0.05) is 30.1 Å². The van der Waals surface area contributed by atoms with E-state index in [2.05, 4.69) is 21.2 Å². The minimum absolute atomic E-state index is 0.127. The fourth-order valence-electron chi connectivity index (χ4n) is 1.56. The van der Waals surface area contributed by atoms with Gasteiger partial charge in [0.15, 0.2) is 5.78 Å². The zero-order valence-electron chi connectivity index (χ0n) is 10.7. The maximum absolute atomic E-state index is 11.8. The summed E-state index contributed by atoms with van der Waals surface area (Å²) >= 11 is 3.39. The van der Waals surface area contributed by atoms with Gasteiger partial charge in [0.1, 0.15) is 5.75 Å². The van der Waals surface area contributed by atoms with Gasteiger partial charge in [0.2, 0.25) is 0 Å². The Bertz CT molecular complexity index is 396. The van der Waals surface area contributed by atoms with Crippen LogP contribution in [0.2, 0.25) is 0 Å². The van der Waals surface area contributed by atoms with Crippen molar-refractivity contribution in [2.45, 2.75) is 6.42 Å². The van der Waals surface area contributed by atoms with Crippen LogP contribution in [0.15, 0.2) is 22.7 Å². The van der Waals surface area contributed by atoms with Gasteiger partial charge in [-0.05, 0) is 18.2 Å². The highest BCUT2D eigenvalue weighted by atomic mass is 79.9. The molecule has 0 unspecified atom stereocenters. The molecule has 0 heterocycles. The van der Waals surface area contributed by atoms with Gasteiger partial charge in [-0.2, -0.15) is 0 Å². The van der Waals surface area contributed by atoms with Gasteiger partial charge in [-0.3, -0.25) is 4.79 Å². The molecule has 0 amide bonds. The van der Waals surface area contributed by atoms with Crippen LogP contribution in [0.5, 0.6) is 5.75 Å². The third kappa shape index (κ3) is 5.16. The topological polar surface area (TPSA) is 47.6 Å². The van der Waals surface area contributed by atoms with Crippen LogP contribution in [0.4, 0.5) is 0 Å². The number of carbonyl (C=O) groups excluding carboxylic acids is 1. The Labute approximate surface area is 116 Å². The molecule has 0 aliphatic carbocycles. The second kappa shape index (κ2) is 8.24. The predicted molar refractivity (Wildman–Crippen MR) is 74.2 cm³/mol. The van der Waals surface area contributed by atoms with Crippen LogP contribution in [0.3, 0.4) is 0 Å². The van der Waals surface area contributed by atoms with Gasteiger partial charge < -0.3 is 14.8 Å². The second-order valence-corrected chi connectivity index (χ2v) is 4.76. The number of nitrogens with one attached hydrogen (secondary N) is 1. The molecule has 0 aliphatic heterocycles. The van der Waals surface area contributed by atoms with E-state index in [-0.39, 0.29) is 5.78 Å². The van der Waals surface area contributed by atoms with E-state index in [1.807, 2.05) is 18.2 Å². The van der Waals surface area contributed by atoms with Crippen LogP contribution in [0, 0.1) is 0 Å². The number of carbonyl (C=O) groups is 1. The fourth-order valence-corrected chi connectivity index (χ4v) is 1.97. The van der Waals surface area contributed by atoms with Crippen molar-refractivity contribution in [3.8, 4) is 5.75 Å². The van der Waals surface area contributed by atoms with Crippen LogP contribution < -0.4 is 10.1 Å². The number of halogens is 1. The summed E-state index contributed by atoms with van der Waals surface area (Å²) in [5.41, 5.74) is 0.894. The van der Waals surface area contributed by atoms with Crippen LogP contribution in [0.25, 0.3) is 0 Å². The molecule has 0 radical (unpaired) electrons. The average molecular weight is 316 g/mol. The van der Waals surface area contributed by atoms with Crippen molar-refractivity contribution in [3.05, 3.63) is 28.2 Å². The molecule has 1 rings (SSSR count). The van der Waals surface area contributed by atoms with E-state index in [1.54, 1.807) is 14.2 Å². The first-order chi connectivity index (χ1) is 8.67. The number of methoxy groups -OCH3 is 2. The molecule has 1 N–H and O–H groups in total. The molecule has 0 saturated carbocycles. The number of ketones is 1. The molecule has 0 aromatic heterocycles. The van der Waals surface area contributed by atoms with Crippen molar-refractivity contribution in [3.63, 3.8) is 0 Å². The van der Waals surface area contributed by atoms with Gasteiger partial charge >= 0.3 is 0 Å². The Hall–Kier alpha value is -0.910. The monoisotopic (exact) mass is 315 g/mol. The van der Waals surface area contributed by atoms with Gasteiger partial charge in [0.25, 0.3) is 0 Å². The minimum Gasteiger partial charge on any atom is -0.496 e. The SMILES string of the molecule is COCCNCC(=O)Cc1cc(Br)ccc1OC. The lowest BCUT2D eigenvalue weighted by atomic mass is 10.1. The normalized spacial score (nSPS) is 10.4. The molecule has 5 heteroatoms. The molecule has 4 nitrogen and oxygen atoms in total. The number of ether oxygens (including phenoxy) is 2. The lowest BCUT2D eigenvalue weighted by molar-refractivity contribution is -0.117. The molecule has 0 fully saturated rings. The Morgan fingerprint density at radius 2 is 2.17 bits per heavy atom. The zero-order valence-corrected chi connectivity index (χ0v) is 12.2. The Balaban J connectivity index is 2.50. The maximum atomic E-state index is 11.8. The summed E-state index contributed by atoms with van der Waals surface area (Å²) in [7, 11) is 3.24. The fraction of sp³-hybridized carbons (Fsp3) is 0.462. The van der Waals surface area contributed by atoms with Crippen LogP contribution >= 0.6 is 15.9 Å². The van der Waals surface area contributed by atoms with E-state index in [0.717, 1.165) is 15.8 Å². The van der Waals surface area contributed by atoms with Crippen molar-refractivity contribution in [1.29, 1.82) is 0 Å². The van der Waals surface area contributed by atoms with Crippen LogP contribution in [-0.4, -0.2) is 39.7 Å². The molecular weight excluding hydrogens is 298 g/mol. The van der Waals surface area contributed by atoms with E-state index < -0.39 is 0 Å². The standard InChI is InChI=1S/C13H18BrNO3/c1-17-6-5-15-9-12(16)8-10-7-11(14)3-4-13(10)18-2/h3-4,7,15H,5-6,8-9H2,1-2H3. The van der Waals surface area contributed by atoms with Gasteiger partial charge in [-0.15, -0.1) is 0 Å². The third-order valence-electron chi connectivity index (χ3n) is 2.44. The predicted octanol–water partition coefficient (Wildman–Crippen LogP) is 1.81. The molecule has 0 atom stereocenters. The van der Waals surface area contributed by atoms with E-state index in [4.69, 9.17) is 9.47 Å². The quantitative estimate of drug-likeness (QED) is 0.743. The smallest absolute Gasteiger partial charge is 0.151 e. The molecule has 18 heavy (non-hydrogen) atoms. The van der Waals surface area contributed by atoms with Crippen molar-refractivity contribution < 1.29 is 14.3 Å². The minimum atomic E-state index is 0.127. The first-order valence-electron chi connectivity index (χ1n) is 5.71. The van der Waals surface area contributed by atoms with Crippen LogP contribution in [0.1, 0.15) is 5.56 Å². The molecule has 1 aromatic carbocycles. The van der Waals surface area contributed by atoms with Gasteiger partial charge in [0.05, 0.1) is 20.3 Å². The van der Waals surface area contributed by atoms with E-state index in [1.165, 1.54) is 0 Å². The number of hydrogen-bond acceptors (Lipinski definition) is 4. The second-order valence-electron chi connectivity index (χ2n) is 3.84. The molecule has 1 aromatic rings.